The van der Waals surface area contributed by atoms with Gasteiger partial charge in [-0.05, 0) is 134 Å². The molecule has 11 rings (SSSR count). The van der Waals surface area contributed by atoms with Gasteiger partial charge >= 0.3 is 0 Å². The van der Waals surface area contributed by atoms with Gasteiger partial charge in [0.2, 0.25) is 0 Å². The van der Waals surface area contributed by atoms with E-state index in [1.54, 1.807) is 0 Å². The van der Waals surface area contributed by atoms with Crippen LogP contribution in [0, 0.1) is 0 Å². The molecule has 0 radical (unpaired) electrons. The van der Waals surface area contributed by atoms with E-state index in [-0.39, 0.29) is 0 Å². The molecule has 0 aliphatic heterocycles. The van der Waals surface area contributed by atoms with Gasteiger partial charge in [-0.25, -0.2) is 0 Å². The van der Waals surface area contributed by atoms with E-state index in [9.17, 15) is 0 Å². The van der Waals surface area contributed by atoms with Crippen molar-refractivity contribution in [1.82, 2.24) is 0 Å². The number of thiophene rings is 1. The lowest BCUT2D eigenvalue weighted by Crippen LogP contribution is -2.18. The van der Waals surface area contributed by atoms with E-state index in [0.717, 1.165) is 29.9 Å². The van der Waals surface area contributed by atoms with Crippen LogP contribution >= 0.6 is 11.3 Å². The summed E-state index contributed by atoms with van der Waals surface area (Å²) in [4.78, 5) is 6.37. The molecular weight excluding hydrogens is 685 g/mol. The van der Waals surface area contributed by atoms with E-state index in [1.807, 2.05) is 11.3 Å². The number of anilines is 5. The smallest absolute Gasteiger partial charge is 0.0468 e. The van der Waals surface area contributed by atoms with Crippen molar-refractivity contribution in [3.05, 3.63) is 204 Å². The monoisotopic (exact) mass is 720 g/mol. The summed E-state index contributed by atoms with van der Waals surface area (Å²) in [5.74, 6) is 0. The Kier molecular flexibility index (Phi) is 7.53. The van der Waals surface area contributed by atoms with Gasteiger partial charge < -0.3 is 9.80 Å². The Balaban J connectivity index is 1.08. The third kappa shape index (κ3) is 5.64. The fourth-order valence-corrected chi connectivity index (χ4v) is 9.65. The molecule has 0 atom stereocenters. The van der Waals surface area contributed by atoms with Gasteiger partial charge in [-0.15, -0.1) is 11.3 Å². The first-order valence-electron chi connectivity index (χ1n) is 19.0. The van der Waals surface area contributed by atoms with Crippen molar-refractivity contribution < 1.29 is 0 Å². The largest absolute Gasteiger partial charge is 0.314 e. The number of benzene rings is 9. The fourth-order valence-electron chi connectivity index (χ4n) is 8.49. The molecule has 55 heavy (non-hydrogen) atoms. The van der Waals surface area contributed by atoms with Crippen LogP contribution in [0.4, 0.5) is 28.4 Å². The molecule has 1 aliphatic carbocycles. The Hall–Kier alpha value is -6.68. The van der Waals surface area contributed by atoms with Crippen molar-refractivity contribution >= 4 is 99.0 Å². The van der Waals surface area contributed by atoms with Crippen LogP contribution in [0.1, 0.15) is 16.9 Å². The summed E-state index contributed by atoms with van der Waals surface area (Å²) < 4.78 is 1.33. The molecule has 10 aromatic rings. The average Bonchev–Trinajstić information content (AvgIpc) is 3.61. The summed E-state index contributed by atoms with van der Waals surface area (Å²) in [5.41, 5.74) is 8.46. The van der Waals surface area contributed by atoms with Crippen LogP contribution in [-0.4, -0.2) is 0 Å². The quantitative estimate of drug-likeness (QED) is 0.169. The molecule has 1 aromatic heterocycles. The Morgan fingerprint density at radius 1 is 0.345 bits per heavy atom. The maximum Gasteiger partial charge on any atom is 0.0468 e. The highest BCUT2D eigenvalue weighted by Gasteiger charge is 2.24. The summed E-state index contributed by atoms with van der Waals surface area (Å²) >= 11 is 1.94. The molecule has 0 bridgehead atoms. The number of rotatable bonds is 6. The molecular formula is C52H36N2S. The van der Waals surface area contributed by atoms with Crippen molar-refractivity contribution in [3.63, 3.8) is 0 Å². The van der Waals surface area contributed by atoms with Gasteiger partial charge in [-0.1, -0.05) is 121 Å². The van der Waals surface area contributed by atoms with Crippen LogP contribution in [0.5, 0.6) is 0 Å². The van der Waals surface area contributed by atoms with Crippen LogP contribution in [0.25, 0.3) is 59.3 Å². The number of allylic oxidation sites excluding steroid dienone is 1. The van der Waals surface area contributed by atoms with Crippen LogP contribution in [0.3, 0.4) is 0 Å². The number of aryl methyl sites for hydroxylation is 1. The molecule has 0 saturated carbocycles. The molecule has 0 unspecified atom stereocenters. The number of hydrogen-bond acceptors (Lipinski definition) is 3. The van der Waals surface area contributed by atoms with Gasteiger partial charge in [-0.3, -0.25) is 0 Å². The summed E-state index contributed by atoms with van der Waals surface area (Å²) in [7, 11) is 0. The van der Waals surface area contributed by atoms with Crippen molar-refractivity contribution in [1.29, 1.82) is 0 Å². The lowest BCUT2D eigenvalue weighted by Gasteiger charge is -2.30. The third-order valence-electron chi connectivity index (χ3n) is 11.2. The fraction of sp³-hybridized carbons (Fsp3) is 0.0385. The molecule has 0 fully saturated rings. The summed E-state index contributed by atoms with van der Waals surface area (Å²) in [6, 6.07) is 69.0. The maximum absolute atomic E-state index is 2.49. The molecule has 0 N–H and O–H groups in total. The first kappa shape index (κ1) is 31.8. The average molecular weight is 721 g/mol. The van der Waals surface area contributed by atoms with Gasteiger partial charge in [0, 0.05) is 49.1 Å². The summed E-state index contributed by atoms with van der Waals surface area (Å²) in [5, 5.41) is 11.3. The van der Waals surface area contributed by atoms with E-state index in [4.69, 9.17) is 0 Å². The highest BCUT2D eigenvalue weighted by Crippen LogP contribution is 2.45. The van der Waals surface area contributed by atoms with E-state index in [1.165, 1.54) is 80.7 Å². The Labute approximate surface area is 324 Å². The van der Waals surface area contributed by atoms with Gasteiger partial charge in [0.15, 0.2) is 0 Å². The lowest BCUT2D eigenvalue weighted by molar-refractivity contribution is 0.912. The second kappa shape index (κ2) is 13.0. The second-order valence-electron chi connectivity index (χ2n) is 14.6. The van der Waals surface area contributed by atoms with Crippen LogP contribution in [-0.2, 0) is 6.42 Å². The molecule has 260 valence electrons. The van der Waals surface area contributed by atoms with Crippen LogP contribution < -0.4 is 9.80 Å². The van der Waals surface area contributed by atoms with Crippen LogP contribution in [0.2, 0.25) is 0 Å². The third-order valence-corrected chi connectivity index (χ3v) is 12.5. The van der Waals surface area contributed by atoms with E-state index >= 15 is 0 Å². The molecule has 1 heterocycles. The first-order chi connectivity index (χ1) is 27.2. The molecule has 3 heteroatoms. The van der Waals surface area contributed by atoms with Gasteiger partial charge in [0.1, 0.15) is 0 Å². The zero-order valence-electron chi connectivity index (χ0n) is 30.2. The SMILES string of the molecule is C1=C(N(c2ccc3ccccc3c2)c2ccc3ccccc3c2)CCc2sc3ccc(N(c4ccc5ccccc5c4)c4ccc5ccccc5c4)cc3c21. The minimum atomic E-state index is 0.965. The predicted molar refractivity (Wildman–Crippen MR) is 238 cm³/mol. The Morgan fingerprint density at radius 3 is 1.18 bits per heavy atom. The van der Waals surface area contributed by atoms with Gasteiger partial charge in [-0.2, -0.15) is 0 Å². The van der Waals surface area contributed by atoms with E-state index in [2.05, 4.69) is 204 Å². The highest BCUT2D eigenvalue weighted by atomic mass is 32.1. The minimum Gasteiger partial charge on any atom is -0.314 e. The maximum atomic E-state index is 2.49. The second-order valence-corrected chi connectivity index (χ2v) is 15.7. The standard InChI is InChI=1S/C52H36N2S/c1-5-13-39-29-43(21-17-35(39)9-1)53(44-22-18-36-10-2-6-14-40(36)30-44)47-25-27-51-49(33-47)50-34-48(26-28-52(50)55-51)54(45-23-19-37-11-3-7-15-41(37)31-45)46-24-20-38-12-4-8-16-42(38)32-46/h1-25,27,29-34H,26,28H2. The van der Waals surface area contributed by atoms with E-state index < -0.39 is 0 Å². The Morgan fingerprint density at radius 2 is 0.727 bits per heavy atom. The molecule has 0 spiro atoms. The number of hydrogen-bond donors (Lipinski definition) is 0. The van der Waals surface area contributed by atoms with Crippen molar-refractivity contribution in [2.45, 2.75) is 12.8 Å². The number of nitrogens with zero attached hydrogens (tertiary/aromatic N) is 2. The Bertz CT molecular complexity index is 2980. The normalized spacial score (nSPS) is 12.7. The topological polar surface area (TPSA) is 6.48 Å². The lowest BCUT2D eigenvalue weighted by atomic mass is 9.97. The molecule has 1 aliphatic rings. The minimum absolute atomic E-state index is 0.965. The zero-order chi connectivity index (χ0) is 36.3. The van der Waals surface area contributed by atoms with Gasteiger partial charge in [0.25, 0.3) is 0 Å². The molecule has 2 nitrogen and oxygen atoms in total. The zero-order valence-corrected chi connectivity index (χ0v) is 31.0. The predicted octanol–water partition coefficient (Wildman–Crippen LogP) is 15.1. The van der Waals surface area contributed by atoms with E-state index in [0.29, 0.717) is 0 Å². The van der Waals surface area contributed by atoms with Gasteiger partial charge in [0.05, 0.1) is 0 Å². The summed E-state index contributed by atoms with van der Waals surface area (Å²) in [6.07, 6.45) is 4.45. The van der Waals surface area contributed by atoms with Crippen molar-refractivity contribution in [3.8, 4) is 0 Å². The molecule has 0 amide bonds. The summed E-state index contributed by atoms with van der Waals surface area (Å²) in [6.45, 7) is 0. The molecule has 0 saturated heterocycles. The van der Waals surface area contributed by atoms with Crippen molar-refractivity contribution in [2.24, 2.45) is 0 Å². The first-order valence-corrected chi connectivity index (χ1v) is 19.9. The van der Waals surface area contributed by atoms with Crippen LogP contribution in [0.15, 0.2) is 194 Å². The number of fused-ring (bicyclic) bond motifs is 7. The van der Waals surface area contributed by atoms with Crippen molar-refractivity contribution in [2.75, 3.05) is 9.80 Å². The highest BCUT2D eigenvalue weighted by molar-refractivity contribution is 7.19. The molecule has 9 aromatic carbocycles.